The predicted octanol–water partition coefficient (Wildman–Crippen LogP) is 1.42. The van der Waals surface area contributed by atoms with Crippen molar-refractivity contribution in [1.29, 1.82) is 5.41 Å². The summed E-state index contributed by atoms with van der Waals surface area (Å²) in [4.78, 5) is 11.3. The molecular formula is C19H22N4O2. The van der Waals surface area contributed by atoms with Gasteiger partial charge in [0, 0.05) is 30.5 Å². The first-order valence-electron chi connectivity index (χ1n) is 8.27. The van der Waals surface area contributed by atoms with Gasteiger partial charge in [0.05, 0.1) is 17.4 Å². The molecule has 1 aromatic carbocycles. The van der Waals surface area contributed by atoms with Crippen LogP contribution in [-0.4, -0.2) is 35.9 Å². The maximum Gasteiger partial charge on any atom is 0.250 e. The second-order valence-electron chi connectivity index (χ2n) is 6.29. The second-order valence-corrected chi connectivity index (χ2v) is 6.29. The van der Waals surface area contributed by atoms with E-state index in [1.54, 1.807) is 24.4 Å². The van der Waals surface area contributed by atoms with Crippen LogP contribution in [0.1, 0.15) is 17.9 Å². The van der Waals surface area contributed by atoms with Crippen molar-refractivity contribution in [1.82, 2.24) is 5.32 Å². The number of carbonyl (C=O) groups excluding carboxylic acids is 1. The number of hydrogen-bond acceptors (Lipinski definition) is 5. The molecule has 1 unspecified atom stereocenters. The summed E-state index contributed by atoms with van der Waals surface area (Å²) in [5.74, 6) is -0.290. The van der Waals surface area contributed by atoms with Crippen molar-refractivity contribution in [3.05, 3.63) is 65.4 Å². The number of primary amides is 1. The van der Waals surface area contributed by atoms with Gasteiger partial charge in [-0.25, -0.2) is 0 Å². The lowest BCUT2D eigenvalue weighted by atomic mass is 9.90. The zero-order chi connectivity index (χ0) is 17.8. The number of aliphatic hydroxyl groups excluding tert-OH is 1. The summed E-state index contributed by atoms with van der Waals surface area (Å²) in [7, 11) is 0. The number of carbonyl (C=O) groups is 1. The van der Waals surface area contributed by atoms with Gasteiger partial charge in [0.25, 0.3) is 5.91 Å². The maximum atomic E-state index is 11.3. The summed E-state index contributed by atoms with van der Waals surface area (Å²) in [5, 5.41) is 24.2. The fourth-order valence-corrected chi connectivity index (χ4v) is 3.08. The molecule has 0 aromatic heterocycles. The molecule has 1 aliphatic heterocycles. The van der Waals surface area contributed by atoms with E-state index >= 15 is 0 Å². The number of anilines is 1. The topological polar surface area (TPSA) is 111 Å². The van der Waals surface area contributed by atoms with Crippen molar-refractivity contribution >= 4 is 17.3 Å². The van der Waals surface area contributed by atoms with E-state index in [1.165, 1.54) is 5.56 Å². The summed E-state index contributed by atoms with van der Waals surface area (Å²) < 4.78 is 0. The number of nitrogens with one attached hydrogen (secondary N) is 3. The van der Waals surface area contributed by atoms with E-state index in [-0.39, 0.29) is 17.4 Å². The van der Waals surface area contributed by atoms with Crippen LogP contribution in [0.3, 0.4) is 0 Å². The minimum absolute atomic E-state index is 0.112. The number of allylic oxidation sites excluding steroid dienone is 4. The molecule has 1 saturated heterocycles. The minimum atomic E-state index is -0.604. The van der Waals surface area contributed by atoms with Crippen molar-refractivity contribution in [3.8, 4) is 0 Å². The maximum absolute atomic E-state index is 11.3. The van der Waals surface area contributed by atoms with Crippen molar-refractivity contribution in [2.75, 3.05) is 18.4 Å². The Kier molecular flexibility index (Phi) is 5.11. The molecule has 3 rings (SSSR count). The van der Waals surface area contributed by atoms with Gasteiger partial charge >= 0.3 is 0 Å². The van der Waals surface area contributed by atoms with Crippen LogP contribution in [0, 0.1) is 5.41 Å². The molecule has 1 heterocycles. The van der Waals surface area contributed by atoms with Gasteiger partial charge in [0.1, 0.15) is 0 Å². The summed E-state index contributed by atoms with van der Waals surface area (Å²) >= 11 is 0. The molecule has 2 atom stereocenters. The number of rotatable bonds is 4. The number of benzene rings is 1. The van der Waals surface area contributed by atoms with Crippen LogP contribution < -0.4 is 16.4 Å². The smallest absolute Gasteiger partial charge is 0.250 e. The molecule has 1 aromatic rings. The van der Waals surface area contributed by atoms with E-state index in [0.29, 0.717) is 18.0 Å². The number of β-amino-alcohol motifs (C(OH)–C–C–N with tert-alkyl or cyclic N) is 1. The summed E-state index contributed by atoms with van der Waals surface area (Å²) in [5.41, 5.74) is 8.26. The first-order valence-corrected chi connectivity index (χ1v) is 8.27. The van der Waals surface area contributed by atoms with Crippen LogP contribution in [0.2, 0.25) is 0 Å². The first-order chi connectivity index (χ1) is 12.0. The van der Waals surface area contributed by atoms with E-state index in [9.17, 15) is 9.90 Å². The molecular weight excluding hydrogens is 316 g/mol. The molecule has 6 heteroatoms. The van der Waals surface area contributed by atoms with Crippen molar-refractivity contribution in [2.24, 2.45) is 5.73 Å². The van der Waals surface area contributed by atoms with Crippen LogP contribution in [-0.2, 0) is 4.79 Å². The fourth-order valence-electron chi connectivity index (χ4n) is 3.08. The molecule has 1 aliphatic carbocycles. The SMILES string of the molecule is N=C1C(C(N)=O)=CC=C/C1=C/Nc1ccc([C@H]2CNCC(O)C2)cc1. The lowest BCUT2D eigenvalue weighted by molar-refractivity contribution is -0.114. The second kappa shape index (κ2) is 7.46. The molecule has 25 heavy (non-hydrogen) atoms. The lowest BCUT2D eigenvalue weighted by Crippen LogP contribution is -2.38. The fraction of sp³-hybridized carbons (Fsp3) is 0.263. The predicted molar refractivity (Wildman–Crippen MR) is 98.5 cm³/mol. The monoisotopic (exact) mass is 338 g/mol. The third kappa shape index (κ3) is 4.04. The van der Waals surface area contributed by atoms with Gasteiger partial charge in [-0.05, 0) is 36.1 Å². The van der Waals surface area contributed by atoms with E-state index in [1.807, 2.05) is 24.3 Å². The average molecular weight is 338 g/mol. The number of amides is 1. The Labute approximate surface area is 146 Å². The van der Waals surface area contributed by atoms with Crippen LogP contribution in [0.25, 0.3) is 0 Å². The molecule has 2 aliphatic rings. The molecule has 1 fully saturated rings. The average Bonchev–Trinajstić information content (AvgIpc) is 2.61. The lowest BCUT2D eigenvalue weighted by Gasteiger charge is -2.27. The van der Waals surface area contributed by atoms with Gasteiger partial charge in [0.2, 0.25) is 0 Å². The Balaban J connectivity index is 1.66. The van der Waals surface area contributed by atoms with Gasteiger partial charge < -0.3 is 21.5 Å². The normalized spacial score (nSPS) is 24.9. The van der Waals surface area contributed by atoms with E-state index in [2.05, 4.69) is 10.6 Å². The Morgan fingerprint density at radius 1 is 1.32 bits per heavy atom. The van der Waals surface area contributed by atoms with Crippen LogP contribution >= 0.6 is 0 Å². The highest BCUT2D eigenvalue weighted by molar-refractivity contribution is 6.28. The summed E-state index contributed by atoms with van der Waals surface area (Å²) in [6, 6.07) is 8.02. The third-order valence-electron chi connectivity index (χ3n) is 4.47. The molecule has 1 amide bonds. The van der Waals surface area contributed by atoms with Crippen LogP contribution in [0.15, 0.2) is 59.8 Å². The number of aliphatic hydroxyl groups is 1. The zero-order valence-electron chi connectivity index (χ0n) is 13.8. The standard InChI is InChI=1S/C19H22N4O2/c20-18-13(2-1-3-17(18)19(21)25)10-23-15-6-4-12(5-7-15)14-8-16(24)11-22-9-14/h1-7,10,14,16,20,22-24H,8-9,11H2,(H2,21,25)/b13-10-,20-18?/t14-,16?/m1/s1. The van der Waals surface area contributed by atoms with Gasteiger partial charge in [-0.2, -0.15) is 0 Å². The number of piperidine rings is 1. The highest BCUT2D eigenvalue weighted by atomic mass is 16.3. The molecule has 6 N–H and O–H groups in total. The van der Waals surface area contributed by atoms with Crippen LogP contribution in [0.5, 0.6) is 0 Å². The molecule has 0 radical (unpaired) electrons. The Bertz CT molecular complexity index is 762. The van der Waals surface area contributed by atoms with Gasteiger partial charge in [-0.1, -0.05) is 24.3 Å². The molecule has 0 saturated carbocycles. The van der Waals surface area contributed by atoms with Crippen molar-refractivity contribution < 1.29 is 9.90 Å². The number of hydrogen-bond donors (Lipinski definition) is 5. The highest BCUT2D eigenvalue weighted by Gasteiger charge is 2.21. The Morgan fingerprint density at radius 2 is 2.08 bits per heavy atom. The number of nitrogens with two attached hydrogens (primary N) is 1. The quantitative estimate of drug-likeness (QED) is 0.572. The Morgan fingerprint density at radius 3 is 2.76 bits per heavy atom. The van der Waals surface area contributed by atoms with Gasteiger partial charge in [-0.3, -0.25) is 10.2 Å². The van der Waals surface area contributed by atoms with Crippen molar-refractivity contribution in [2.45, 2.75) is 18.4 Å². The third-order valence-corrected chi connectivity index (χ3v) is 4.47. The van der Waals surface area contributed by atoms with E-state index in [0.717, 1.165) is 18.7 Å². The zero-order valence-corrected chi connectivity index (χ0v) is 13.8. The van der Waals surface area contributed by atoms with E-state index < -0.39 is 5.91 Å². The van der Waals surface area contributed by atoms with Gasteiger partial charge in [0.15, 0.2) is 0 Å². The first kappa shape index (κ1) is 17.1. The largest absolute Gasteiger partial charge is 0.392 e. The molecule has 130 valence electrons. The highest BCUT2D eigenvalue weighted by Crippen LogP contribution is 2.25. The molecule has 0 bridgehead atoms. The molecule has 6 nitrogen and oxygen atoms in total. The van der Waals surface area contributed by atoms with E-state index in [4.69, 9.17) is 11.1 Å². The molecule has 0 spiro atoms. The Hall–Kier alpha value is -2.70. The summed E-state index contributed by atoms with van der Waals surface area (Å²) in [6.07, 6.45) is 7.17. The van der Waals surface area contributed by atoms with Gasteiger partial charge in [-0.15, -0.1) is 0 Å². The van der Waals surface area contributed by atoms with Crippen LogP contribution in [0.4, 0.5) is 5.69 Å². The van der Waals surface area contributed by atoms with Crippen molar-refractivity contribution in [3.63, 3.8) is 0 Å². The minimum Gasteiger partial charge on any atom is -0.392 e. The summed E-state index contributed by atoms with van der Waals surface area (Å²) in [6.45, 7) is 1.53.